The Balaban J connectivity index is 2.32. The molecule has 0 radical (unpaired) electrons. The van der Waals surface area contributed by atoms with Crippen molar-refractivity contribution in [3.63, 3.8) is 0 Å². The van der Waals surface area contributed by atoms with Gasteiger partial charge in [0.1, 0.15) is 0 Å². The molecule has 0 spiro atoms. The first kappa shape index (κ1) is 13.4. The molecule has 0 saturated carbocycles. The molecule has 0 aromatic heterocycles. The summed E-state index contributed by atoms with van der Waals surface area (Å²) in [5.74, 6) is -0.791. The molecular formula is C11H11F3N2O3. The van der Waals surface area contributed by atoms with Crippen LogP contribution < -0.4 is 9.64 Å². The molecule has 1 saturated heterocycles. The average molecular weight is 276 g/mol. The summed E-state index contributed by atoms with van der Waals surface area (Å²) >= 11 is 0. The number of nitro groups is 1. The molecular weight excluding hydrogens is 265 g/mol. The van der Waals surface area contributed by atoms with E-state index in [1.54, 1.807) is 0 Å². The van der Waals surface area contributed by atoms with Gasteiger partial charge in [0.15, 0.2) is 0 Å². The van der Waals surface area contributed by atoms with Crippen LogP contribution in [0.2, 0.25) is 0 Å². The van der Waals surface area contributed by atoms with E-state index in [4.69, 9.17) is 0 Å². The van der Waals surface area contributed by atoms with Crippen molar-refractivity contribution in [3.05, 3.63) is 28.3 Å². The fraction of sp³-hybridized carbons (Fsp3) is 0.455. The molecule has 0 N–H and O–H groups in total. The molecule has 1 fully saturated rings. The number of anilines is 1. The van der Waals surface area contributed by atoms with Crippen LogP contribution in [-0.4, -0.2) is 24.4 Å². The number of ether oxygens (including phenoxy) is 1. The summed E-state index contributed by atoms with van der Waals surface area (Å²) < 4.78 is 40.0. The fourth-order valence-electron chi connectivity index (χ4n) is 2.03. The second kappa shape index (κ2) is 4.94. The molecule has 19 heavy (non-hydrogen) atoms. The van der Waals surface area contributed by atoms with Crippen molar-refractivity contribution in [2.45, 2.75) is 19.2 Å². The maximum Gasteiger partial charge on any atom is 0.573 e. The first-order valence-corrected chi connectivity index (χ1v) is 5.66. The Morgan fingerprint density at radius 2 is 1.89 bits per heavy atom. The van der Waals surface area contributed by atoms with Crippen LogP contribution >= 0.6 is 0 Å². The van der Waals surface area contributed by atoms with E-state index in [0.29, 0.717) is 5.69 Å². The van der Waals surface area contributed by atoms with Gasteiger partial charge in [-0.25, -0.2) is 0 Å². The Morgan fingerprint density at radius 3 is 2.42 bits per heavy atom. The predicted molar refractivity (Wildman–Crippen MR) is 61.2 cm³/mol. The van der Waals surface area contributed by atoms with E-state index in [1.165, 1.54) is 6.07 Å². The Hall–Kier alpha value is -1.99. The predicted octanol–water partition coefficient (Wildman–Crippen LogP) is 3.09. The van der Waals surface area contributed by atoms with Gasteiger partial charge in [0, 0.05) is 24.8 Å². The number of alkyl halides is 3. The van der Waals surface area contributed by atoms with E-state index >= 15 is 0 Å². The highest BCUT2D eigenvalue weighted by atomic mass is 19.4. The van der Waals surface area contributed by atoms with Crippen LogP contribution in [0, 0.1) is 10.1 Å². The minimum atomic E-state index is -4.94. The van der Waals surface area contributed by atoms with Crippen LogP contribution in [0.25, 0.3) is 0 Å². The van der Waals surface area contributed by atoms with Crippen molar-refractivity contribution < 1.29 is 22.8 Å². The van der Waals surface area contributed by atoms with E-state index in [0.717, 1.165) is 38.1 Å². The molecule has 0 bridgehead atoms. The van der Waals surface area contributed by atoms with Crippen LogP contribution in [-0.2, 0) is 0 Å². The molecule has 0 amide bonds. The lowest BCUT2D eigenvalue weighted by Gasteiger charge is -2.18. The van der Waals surface area contributed by atoms with Gasteiger partial charge in [0.2, 0.25) is 5.75 Å². The van der Waals surface area contributed by atoms with Gasteiger partial charge >= 0.3 is 12.0 Å². The molecule has 104 valence electrons. The quantitative estimate of drug-likeness (QED) is 0.628. The maximum atomic E-state index is 12.1. The van der Waals surface area contributed by atoms with Crippen molar-refractivity contribution in [3.8, 4) is 5.75 Å². The molecule has 0 aliphatic carbocycles. The third-order valence-corrected chi connectivity index (χ3v) is 2.84. The van der Waals surface area contributed by atoms with E-state index in [1.807, 2.05) is 4.90 Å². The lowest BCUT2D eigenvalue weighted by Crippen LogP contribution is -2.19. The average Bonchev–Trinajstić information content (AvgIpc) is 2.80. The maximum absolute atomic E-state index is 12.1. The molecule has 5 nitrogen and oxygen atoms in total. The highest BCUT2D eigenvalue weighted by molar-refractivity contribution is 5.60. The van der Waals surface area contributed by atoms with Gasteiger partial charge in [-0.1, -0.05) is 0 Å². The van der Waals surface area contributed by atoms with Crippen molar-refractivity contribution in [2.24, 2.45) is 0 Å². The summed E-state index contributed by atoms with van der Waals surface area (Å²) in [6, 6.07) is 3.51. The Morgan fingerprint density at radius 1 is 1.26 bits per heavy atom. The number of benzene rings is 1. The topological polar surface area (TPSA) is 55.6 Å². The zero-order valence-corrected chi connectivity index (χ0v) is 9.81. The molecule has 8 heteroatoms. The van der Waals surface area contributed by atoms with Crippen molar-refractivity contribution in [1.82, 2.24) is 0 Å². The molecule has 1 aliphatic heterocycles. The Kier molecular flexibility index (Phi) is 3.50. The lowest BCUT2D eigenvalue weighted by atomic mass is 10.2. The monoisotopic (exact) mass is 276 g/mol. The molecule has 1 aromatic carbocycles. The molecule has 0 atom stereocenters. The number of nitro benzene ring substituents is 1. The highest BCUT2D eigenvalue weighted by Gasteiger charge is 2.34. The highest BCUT2D eigenvalue weighted by Crippen LogP contribution is 2.35. The molecule has 1 heterocycles. The summed E-state index contributed by atoms with van der Waals surface area (Å²) in [6.45, 7) is 1.49. The fourth-order valence-corrected chi connectivity index (χ4v) is 2.03. The summed E-state index contributed by atoms with van der Waals surface area (Å²) in [5.41, 5.74) is -0.138. The number of hydrogen-bond donors (Lipinski definition) is 0. The van der Waals surface area contributed by atoms with Gasteiger partial charge in [-0.15, -0.1) is 13.2 Å². The number of halogens is 3. The SMILES string of the molecule is O=[N+]([O-])c1cc(N2CCCC2)ccc1OC(F)(F)F. The summed E-state index contributed by atoms with van der Waals surface area (Å²) in [7, 11) is 0. The van der Waals surface area contributed by atoms with Crippen LogP contribution in [0.1, 0.15) is 12.8 Å². The van der Waals surface area contributed by atoms with Crippen LogP contribution in [0.4, 0.5) is 24.5 Å². The normalized spacial score (nSPS) is 15.6. The third-order valence-electron chi connectivity index (χ3n) is 2.84. The zero-order chi connectivity index (χ0) is 14.0. The van der Waals surface area contributed by atoms with Crippen molar-refractivity contribution in [1.29, 1.82) is 0 Å². The lowest BCUT2D eigenvalue weighted by molar-refractivity contribution is -0.388. The zero-order valence-electron chi connectivity index (χ0n) is 9.81. The Bertz CT molecular complexity index is 485. The summed E-state index contributed by atoms with van der Waals surface area (Å²) in [5, 5.41) is 10.8. The standard InChI is InChI=1S/C11H11F3N2O3/c12-11(13,14)19-10-4-3-8(7-9(10)16(17)18)15-5-1-2-6-15/h3-4,7H,1-2,5-6H2. The summed E-state index contributed by atoms with van der Waals surface area (Å²) in [4.78, 5) is 11.8. The van der Waals surface area contributed by atoms with Crippen molar-refractivity contribution in [2.75, 3.05) is 18.0 Å². The van der Waals surface area contributed by atoms with E-state index in [-0.39, 0.29) is 0 Å². The number of nitrogens with zero attached hydrogens (tertiary/aromatic N) is 2. The van der Waals surface area contributed by atoms with Crippen LogP contribution in [0.5, 0.6) is 5.75 Å². The van der Waals surface area contributed by atoms with E-state index in [9.17, 15) is 23.3 Å². The smallest absolute Gasteiger partial charge is 0.398 e. The van der Waals surface area contributed by atoms with E-state index in [2.05, 4.69) is 4.74 Å². The van der Waals surface area contributed by atoms with Gasteiger partial charge in [-0.3, -0.25) is 10.1 Å². The third kappa shape index (κ3) is 3.27. The number of rotatable bonds is 3. The van der Waals surface area contributed by atoms with Gasteiger partial charge in [0.25, 0.3) is 0 Å². The minimum absolute atomic E-state index is 0.540. The number of hydrogen-bond acceptors (Lipinski definition) is 4. The van der Waals surface area contributed by atoms with Gasteiger partial charge in [0.05, 0.1) is 4.92 Å². The molecule has 1 aliphatic rings. The minimum Gasteiger partial charge on any atom is -0.398 e. The molecule has 2 rings (SSSR count). The second-order valence-corrected chi connectivity index (χ2v) is 4.15. The van der Waals surface area contributed by atoms with Gasteiger partial charge < -0.3 is 9.64 Å². The second-order valence-electron chi connectivity index (χ2n) is 4.15. The molecule has 1 aromatic rings. The first-order valence-electron chi connectivity index (χ1n) is 5.66. The van der Waals surface area contributed by atoms with E-state index < -0.39 is 22.7 Å². The molecule has 0 unspecified atom stereocenters. The van der Waals surface area contributed by atoms with Crippen LogP contribution in [0.15, 0.2) is 18.2 Å². The first-order chi connectivity index (χ1) is 8.87. The largest absolute Gasteiger partial charge is 0.573 e. The van der Waals surface area contributed by atoms with Crippen molar-refractivity contribution >= 4 is 11.4 Å². The van der Waals surface area contributed by atoms with Gasteiger partial charge in [-0.05, 0) is 25.0 Å². The summed E-state index contributed by atoms with van der Waals surface area (Å²) in [6.07, 6.45) is -3.01. The van der Waals surface area contributed by atoms with Crippen LogP contribution in [0.3, 0.4) is 0 Å². The Labute approximate surface area is 106 Å². The van der Waals surface area contributed by atoms with Gasteiger partial charge in [-0.2, -0.15) is 0 Å².